The van der Waals surface area contributed by atoms with Crippen molar-refractivity contribution in [3.8, 4) is 6.07 Å². The molecule has 0 radical (unpaired) electrons. The topological polar surface area (TPSA) is 76.3 Å². The van der Waals surface area contributed by atoms with Crippen molar-refractivity contribution in [3.63, 3.8) is 0 Å². The highest BCUT2D eigenvalue weighted by molar-refractivity contribution is 5.36. The fraction of sp³-hybridized carbons (Fsp3) is 0.636. The van der Waals surface area contributed by atoms with E-state index in [1.165, 1.54) is 6.08 Å². The van der Waals surface area contributed by atoms with Crippen molar-refractivity contribution in [3.05, 3.63) is 40.4 Å². The van der Waals surface area contributed by atoms with Crippen molar-refractivity contribution in [1.82, 2.24) is 20.3 Å². The van der Waals surface area contributed by atoms with E-state index in [0.717, 1.165) is 18.9 Å². The molecule has 0 aromatic carbocycles. The van der Waals surface area contributed by atoms with Crippen LogP contribution in [-0.4, -0.2) is 45.9 Å². The molecule has 3 rings (SSSR count). The smallest absolute Gasteiger partial charge is 0.377 e. The van der Waals surface area contributed by atoms with Gasteiger partial charge in [-0.25, -0.2) is 4.98 Å². The number of halogens is 3. The number of ether oxygens (including phenoxy) is 1. The van der Waals surface area contributed by atoms with Gasteiger partial charge in [-0.2, -0.15) is 23.1 Å². The van der Waals surface area contributed by atoms with Gasteiger partial charge in [-0.05, 0) is 51.3 Å². The minimum atomic E-state index is -4.54. The molecule has 0 spiro atoms. The van der Waals surface area contributed by atoms with E-state index in [9.17, 15) is 13.2 Å². The number of hydrogen-bond donors (Lipinski definition) is 2. The third-order valence-electron chi connectivity index (χ3n) is 5.12. The van der Waals surface area contributed by atoms with Gasteiger partial charge in [0.05, 0.1) is 19.3 Å². The van der Waals surface area contributed by atoms with Gasteiger partial charge in [-0.3, -0.25) is 0 Å². The number of rotatable bonds is 10. The Morgan fingerprint density at radius 2 is 1.94 bits per heavy atom. The molecule has 0 saturated heterocycles. The lowest BCUT2D eigenvalue weighted by Gasteiger charge is -2.17. The lowest BCUT2D eigenvalue weighted by molar-refractivity contribution is -0.0884. The van der Waals surface area contributed by atoms with Crippen LogP contribution in [0.4, 0.5) is 19.1 Å². The molecule has 0 bridgehead atoms. The van der Waals surface area contributed by atoms with Gasteiger partial charge in [0.15, 0.2) is 11.7 Å². The predicted octanol–water partition coefficient (Wildman–Crippen LogP) is 4.42. The number of alkyl halides is 3. The molecule has 0 amide bonds. The summed E-state index contributed by atoms with van der Waals surface area (Å²) < 4.78 is 44.6. The SMILES string of the molecule is CC(COC(C)C)NCc1nc(N[C@H](C)C2CC2)nc(C2C#[N+]C(C(F)(F)F)=CC=C2)n1. The van der Waals surface area contributed by atoms with Crippen LogP contribution >= 0.6 is 0 Å². The fourth-order valence-corrected chi connectivity index (χ4v) is 3.08. The van der Waals surface area contributed by atoms with E-state index in [1.807, 2.05) is 20.8 Å². The predicted molar refractivity (Wildman–Crippen MR) is 116 cm³/mol. The molecule has 1 saturated carbocycles. The van der Waals surface area contributed by atoms with E-state index in [1.54, 1.807) is 6.08 Å². The second kappa shape index (κ2) is 10.4. The summed E-state index contributed by atoms with van der Waals surface area (Å²) in [5, 5.41) is 6.62. The first-order chi connectivity index (χ1) is 15.1. The molecular formula is C22H30F3N6O+. The lowest BCUT2D eigenvalue weighted by Crippen LogP contribution is -2.32. The highest BCUT2D eigenvalue weighted by atomic mass is 19.4. The summed E-state index contributed by atoms with van der Waals surface area (Å²) in [6, 6.07) is 2.80. The molecule has 10 heteroatoms. The van der Waals surface area contributed by atoms with Crippen molar-refractivity contribution >= 4 is 5.95 Å². The molecule has 174 valence electrons. The Kier molecular flexibility index (Phi) is 7.85. The van der Waals surface area contributed by atoms with Gasteiger partial charge < -0.3 is 15.4 Å². The van der Waals surface area contributed by atoms with Crippen LogP contribution < -0.4 is 10.6 Å². The molecular weight excluding hydrogens is 421 g/mol. The van der Waals surface area contributed by atoms with Gasteiger partial charge in [-0.1, -0.05) is 12.2 Å². The minimum Gasteiger partial charge on any atom is -0.377 e. The number of hydrogen-bond acceptors (Lipinski definition) is 6. The number of nitrogens with one attached hydrogen (secondary N) is 2. The fourth-order valence-electron chi connectivity index (χ4n) is 3.08. The Morgan fingerprint density at radius 3 is 2.59 bits per heavy atom. The van der Waals surface area contributed by atoms with Crippen LogP contribution in [-0.2, 0) is 11.3 Å². The van der Waals surface area contributed by atoms with Crippen molar-refractivity contribution in [2.45, 2.75) is 77.4 Å². The normalized spacial score (nSPS) is 20.2. The zero-order chi connectivity index (χ0) is 23.3. The van der Waals surface area contributed by atoms with Crippen LogP contribution in [0.5, 0.6) is 0 Å². The van der Waals surface area contributed by atoms with Gasteiger partial charge in [-0.15, -0.1) is 0 Å². The Labute approximate surface area is 186 Å². The van der Waals surface area contributed by atoms with Gasteiger partial charge >= 0.3 is 11.9 Å². The third-order valence-corrected chi connectivity index (χ3v) is 5.12. The summed E-state index contributed by atoms with van der Waals surface area (Å²) in [5.41, 5.74) is -1.01. The highest BCUT2D eigenvalue weighted by Gasteiger charge is 2.44. The molecule has 2 aliphatic rings. The first-order valence-electron chi connectivity index (χ1n) is 10.9. The third kappa shape index (κ3) is 7.28. The van der Waals surface area contributed by atoms with E-state index < -0.39 is 17.8 Å². The second-order valence-electron chi connectivity index (χ2n) is 8.52. The number of allylic oxidation sites excluding steroid dienone is 4. The zero-order valence-electron chi connectivity index (χ0n) is 18.8. The molecule has 1 aromatic rings. The van der Waals surface area contributed by atoms with E-state index in [2.05, 4.69) is 43.4 Å². The molecule has 2 unspecified atom stereocenters. The van der Waals surface area contributed by atoms with Crippen LogP contribution in [0, 0.1) is 12.0 Å². The Balaban J connectivity index is 1.79. The summed E-state index contributed by atoms with van der Waals surface area (Å²) in [6.45, 7) is 8.92. The molecule has 7 nitrogen and oxygen atoms in total. The van der Waals surface area contributed by atoms with Crippen LogP contribution in [0.25, 0.3) is 4.85 Å². The van der Waals surface area contributed by atoms with Crippen molar-refractivity contribution in [2.75, 3.05) is 11.9 Å². The van der Waals surface area contributed by atoms with Crippen LogP contribution in [0.2, 0.25) is 0 Å². The van der Waals surface area contributed by atoms with E-state index in [4.69, 9.17) is 4.74 Å². The van der Waals surface area contributed by atoms with Crippen molar-refractivity contribution < 1.29 is 17.9 Å². The number of anilines is 1. The van der Waals surface area contributed by atoms with E-state index in [-0.39, 0.29) is 18.2 Å². The summed E-state index contributed by atoms with van der Waals surface area (Å²) in [7, 11) is 0. The monoisotopic (exact) mass is 451 g/mol. The Morgan fingerprint density at radius 1 is 1.19 bits per heavy atom. The summed E-state index contributed by atoms with van der Waals surface area (Å²) in [6.07, 6.45) is 1.68. The van der Waals surface area contributed by atoms with Crippen LogP contribution in [0.15, 0.2) is 23.9 Å². The van der Waals surface area contributed by atoms with Crippen LogP contribution in [0.1, 0.15) is 58.1 Å². The van der Waals surface area contributed by atoms with Crippen LogP contribution in [0.3, 0.4) is 0 Å². The van der Waals surface area contributed by atoms with E-state index in [0.29, 0.717) is 36.7 Å². The average Bonchev–Trinajstić information content (AvgIpc) is 3.56. The summed E-state index contributed by atoms with van der Waals surface area (Å²) >= 11 is 0. The first-order valence-corrected chi connectivity index (χ1v) is 10.9. The Hall–Kier alpha value is -2.51. The molecule has 2 N–H and O–H groups in total. The molecule has 1 fully saturated rings. The lowest BCUT2D eigenvalue weighted by atomic mass is 10.1. The second-order valence-corrected chi connectivity index (χ2v) is 8.52. The molecule has 32 heavy (non-hydrogen) atoms. The average molecular weight is 452 g/mol. The molecule has 1 aromatic heterocycles. The van der Waals surface area contributed by atoms with Gasteiger partial charge in [0.25, 0.3) is 6.07 Å². The van der Waals surface area contributed by atoms with Gasteiger partial charge in [0.1, 0.15) is 5.82 Å². The highest BCUT2D eigenvalue weighted by Crippen LogP contribution is 2.33. The minimum absolute atomic E-state index is 0.0730. The number of nitrogens with zero attached hydrogens (tertiary/aromatic N) is 4. The summed E-state index contributed by atoms with van der Waals surface area (Å²) in [4.78, 5) is 16.9. The van der Waals surface area contributed by atoms with Gasteiger partial charge in [0, 0.05) is 18.2 Å². The summed E-state index contributed by atoms with van der Waals surface area (Å²) in [5.74, 6) is 1.05. The quantitative estimate of drug-likeness (QED) is 0.549. The maximum atomic E-state index is 13.0. The van der Waals surface area contributed by atoms with Crippen molar-refractivity contribution in [2.24, 2.45) is 5.92 Å². The molecule has 1 aliphatic carbocycles. The maximum Gasteiger partial charge on any atom is 0.496 e. The van der Waals surface area contributed by atoms with E-state index >= 15 is 0 Å². The van der Waals surface area contributed by atoms with Gasteiger partial charge in [0.2, 0.25) is 5.95 Å². The van der Waals surface area contributed by atoms with Crippen molar-refractivity contribution in [1.29, 1.82) is 0 Å². The molecule has 1 aliphatic heterocycles. The molecule has 3 atom stereocenters. The number of aromatic nitrogens is 3. The maximum absolute atomic E-state index is 13.0. The zero-order valence-corrected chi connectivity index (χ0v) is 18.8. The first kappa shape index (κ1) is 24.1. The largest absolute Gasteiger partial charge is 0.496 e. The Bertz CT molecular complexity index is 914. The standard InChI is InChI=1S/C22H30F3N6O/c1-13(2)32-12-14(3)26-11-19-29-20(31-21(30-19)28-15(4)16-8-9-16)17-6-5-7-18(27-10-17)22(23,24)25/h5-7,13-17,26H,8-9,11-12H2,1-4H3,(H,28,29,30,31)/q+1/t14?,15-,17?/m1/s1. The molecule has 2 heterocycles.